The van der Waals surface area contributed by atoms with Crippen LogP contribution in [0.3, 0.4) is 0 Å². The summed E-state index contributed by atoms with van der Waals surface area (Å²) in [6, 6.07) is -0.0761. The van der Waals surface area contributed by atoms with Gasteiger partial charge in [0.1, 0.15) is 6.04 Å². The highest BCUT2D eigenvalue weighted by Gasteiger charge is 2.17. The lowest BCUT2D eigenvalue weighted by molar-refractivity contribution is -0.139. The van der Waals surface area contributed by atoms with E-state index in [0.29, 0.717) is 0 Å². The summed E-state index contributed by atoms with van der Waals surface area (Å²) in [5.41, 5.74) is 0. The Kier molecular flexibility index (Phi) is 6.59. The minimum absolute atomic E-state index is 0.290. The van der Waals surface area contributed by atoms with E-state index < -0.39 is 5.97 Å². The summed E-state index contributed by atoms with van der Waals surface area (Å²) in [5.74, 6) is -0.728. The van der Waals surface area contributed by atoms with Gasteiger partial charge in [-0.25, -0.2) is 0 Å². The normalized spacial score (nSPS) is 15.3. The van der Waals surface area contributed by atoms with Gasteiger partial charge in [0.15, 0.2) is 0 Å². The third-order valence-corrected chi connectivity index (χ3v) is 2.24. The first-order valence-electron chi connectivity index (χ1n) is 5.10. The number of rotatable bonds is 7. The Labute approximate surface area is 80.5 Å². The Morgan fingerprint density at radius 2 is 2.08 bits per heavy atom. The highest BCUT2D eigenvalue weighted by atomic mass is 16.4. The van der Waals surface area contributed by atoms with E-state index in [1.165, 1.54) is 0 Å². The molecule has 0 amide bonds. The fourth-order valence-electron chi connectivity index (χ4n) is 1.15. The highest BCUT2D eigenvalue weighted by Crippen LogP contribution is 2.03. The number of carboxylic acid groups (broad SMARTS) is 1. The van der Waals surface area contributed by atoms with E-state index in [1.54, 1.807) is 0 Å². The van der Waals surface area contributed by atoms with Crippen molar-refractivity contribution in [3.05, 3.63) is 0 Å². The zero-order chi connectivity index (χ0) is 10.3. The molecule has 0 aromatic rings. The van der Waals surface area contributed by atoms with E-state index in [-0.39, 0.29) is 12.1 Å². The number of aliphatic carboxylic acids is 1. The van der Waals surface area contributed by atoms with Crippen LogP contribution < -0.4 is 5.32 Å². The fourth-order valence-corrected chi connectivity index (χ4v) is 1.15. The van der Waals surface area contributed by atoms with Crippen molar-refractivity contribution >= 4 is 5.97 Å². The first-order valence-corrected chi connectivity index (χ1v) is 5.10. The molecule has 3 heteroatoms. The molecular weight excluding hydrogens is 166 g/mol. The van der Waals surface area contributed by atoms with Crippen LogP contribution in [-0.2, 0) is 4.79 Å². The molecule has 0 radical (unpaired) electrons. The Bertz CT molecular complexity index is 148. The van der Waals surface area contributed by atoms with Gasteiger partial charge in [0, 0.05) is 6.04 Å². The van der Waals surface area contributed by atoms with Gasteiger partial charge in [0.05, 0.1) is 0 Å². The van der Waals surface area contributed by atoms with Crippen LogP contribution >= 0.6 is 0 Å². The Morgan fingerprint density at radius 3 is 2.46 bits per heavy atom. The smallest absolute Gasteiger partial charge is 0.320 e. The molecule has 0 saturated carbocycles. The predicted octanol–water partition coefficient (Wildman–Crippen LogP) is 2.02. The minimum Gasteiger partial charge on any atom is -0.480 e. The molecule has 0 aliphatic heterocycles. The van der Waals surface area contributed by atoms with Gasteiger partial charge in [0.25, 0.3) is 0 Å². The molecule has 0 fully saturated rings. The number of hydrogen-bond acceptors (Lipinski definition) is 2. The van der Waals surface area contributed by atoms with Gasteiger partial charge < -0.3 is 10.4 Å². The van der Waals surface area contributed by atoms with Crippen LogP contribution in [0.1, 0.15) is 46.5 Å². The summed E-state index contributed by atoms with van der Waals surface area (Å²) in [6.45, 7) is 6.14. The van der Waals surface area contributed by atoms with Crippen LogP contribution in [0.5, 0.6) is 0 Å². The van der Waals surface area contributed by atoms with Crippen LogP contribution in [0.25, 0.3) is 0 Å². The van der Waals surface area contributed by atoms with E-state index in [4.69, 9.17) is 5.11 Å². The van der Waals surface area contributed by atoms with Crippen LogP contribution in [0.15, 0.2) is 0 Å². The van der Waals surface area contributed by atoms with Crippen molar-refractivity contribution in [1.82, 2.24) is 5.32 Å². The second-order valence-corrected chi connectivity index (χ2v) is 3.51. The maximum Gasteiger partial charge on any atom is 0.320 e. The molecule has 13 heavy (non-hydrogen) atoms. The van der Waals surface area contributed by atoms with Crippen molar-refractivity contribution in [3.8, 4) is 0 Å². The molecule has 0 bridgehead atoms. The maximum atomic E-state index is 10.8. The Hall–Kier alpha value is -0.570. The average molecular weight is 187 g/mol. The van der Waals surface area contributed by atoms with Gasteiger partial charge in [-0.3, -0.25) is 4.79 Å². The number of carboxylic acids is 1. The fraction of sp³-hybridized carbons (Fsp3) is 0.900. The van der Waals surface area contributed by atoms with Gasteiger partial charge in [-0.2, -0.15) is 0 Å². The van der Waals surface area contributed by atoms with Crippen molar-refractivity contribution in [2.24, 2.45) is 0 Å². The molecule has 78 valence electrons. The summed E-state index contributed by atoms with van der Waals surface area (Å²) < 4.78 is 0. The first kappa shape index (κ1) is 12.4. The number of carbonyl (C=O) groups is 1. The first-order chi connectivity index (χ1) is 6.11. The quantitative estimate of drug-likeness (QED) is 0.641. The third kappa shape index (κ3) is 5.64. The molecular formula is C10H21NO2. The Morgan fingerprint density at radius 1 is 1.46 bits per heavy atom. The number of nitrogens with one attached hydrogen (secondary N) is 1. The maximum absolute atomic E-state index is 10.8. The van der Waals surface area contributed by atoms with E-state index in [1.807, 2.05) is 6.92 Å². The zero-order valence-electron chi connectivity index (χ0n) is 8.84. The summed E-state index contributed by atoms with van der Waals surface area (Å²) in [4.78, 5) is 10.8. The molecule has 0 aliphatic carbocycles. The number of hydrogen-bond donors (Lipinski definition) is 2. The summed E-state index contributed by atoms with van der Waals surface area (Å²) in [7, 11) is 0. The molecule has 0 spiro atoms. The van der Waals surface area contributed by atoms with Crippen LogP contribution in [0.4, 0.5) is 0 Å². The Balaban J connectivity index is 3.87. The highest BCUT2D eigenvalue weighted by molar-refractivity contribution is 5.73. The van der Waals surface area contributed by atoms with Crippen LogP contribution in [0.2, 0.25) is 0 Å². The lowest BCUT2D eigenvalue weighted by Gasteiger charge is -2.18. The van der Waals surface area contributed by atoms with E-state index in [2.05, 4.69) is 19.2 Å². The molecule has 0 rings (SSSR count). The summed E-state index contributed by atoms with van der Waals surface area (Å²) in [5, 5.41) is 12.0. The van der Waals surface area contributed by atoms with Crippen LogP contribution in [0, 0.1) is 0 Å². The van der Waals surface area contributed by atoms with Crippen molar-refractivity contribution < 1.29 is 9.90 Å². The second-order valence-electron chi connectivity index (χ2n) is 3.51. The summed E-state index contributed by atoms with van der Waals surface area (Å²) in [6.07, 6.45) is 3.72. The number of unbranched alkanes of at least 4 members (excludes halogenated alkanes) is 1. The van der Waals surface area contributed by atoms with Crippen molar-refractivity contribution in [3.63, 3.8) is 0 Å². The van der Waals surface area contributed by atoms with Gasteiger partial charge in [-0.15, -0.1) is 0 Å². The van der Waals surface area contributed by atoms with E-state index in [9.17, 15) is 4.79 Å². The van der Waals surface area contributed by atoms with Crippen LogP contribution in [-0.4, -0.2) is 23.2 Å². The minimum atomic E-state index is -0.728. The largest absolute Gasteiger partial charge is 0.480 e. The lowest BCUT2D eigenvalue weighted by Crippen LogP contribution is -2.41. The molecule has 0 aromatic carbocycles. The molecule has 0 saturated heterocycles. The molecule has 2 atom stereocenters. The second kappa shape index (κ2) is 6.89. The molecule has 2 unspecified atom stereocenters. The topological polar surface area (TPSA) is 49.3 Å². The lowest BCUT2D eigenvalue weighted by atomic mass is 10.1. The van der Waals surface area contributed by atoms with Gasteiger partial charge in [-0.05, 0) is 19.8 Å². The van der Waals surface area contributed by atoms with E-state index in [0.717, 1.165) is 25.7 Å². The summed E-state index contributed by atoms with van der Waals surface area (Å²) >= 11 is 0. The zero-order valence-corrected chi connectivity index (χ0v) is 8.84. The van der Waals surface area contributed by atoms with Gasteiger partial charge in [0.2, 0.25) is 0 Å². The van der Waals surface area contributed by atoms with Crippen molar-refractivity contribution in [2.45, 2.75) is 58.5 Å². The SMILES string of the molecule is CCCCC(NC(C)CC)C(=O)O. The van der Waals surface area contributed by atoms with Crippen molar-refractivity contribution in [1.29, 1.82) is 0 Å². The monoisotopic (exact) mass is 187 g/mol. The predicted molar refractivity (Wildman–Crippen MR) is 53.8 cm³/mol. The van der Waals surface area contributed by atoms with Gasteiger partial charge >= 0.3 is 5.97 Å². The van der Waals surface area contributed by atoms with E-state index >= 15 is 0 Å². The standard InChI is InChI=1S/C10H21NO2/c1-4-6-7-9(10(12)13)11-8(3)5-2/h8-9,11H,4-7H2,1-3H3,(H,12,13). The van der Waals surface area contributed by atoms with Crippen molar-refractivity contribution in [2.75, 3.05) is 0 Å². The molecule has 0 heterocycles. The van der Waals surface area contributed by atoms with Gasteiger partial charge in [-0.1, -0.05) is 26.7 Å². The molecule has 0 aliphatic rings. The molecule has 2 N–H and O–H groups in total. The average Bonchev–Trinajstić information content (AvgIpc) is 2.11. The molecule has 0 aromatic heterocycles. The third-order valence-electron chi connectivity index (χ3n) is 2.24. The molecule has 3 nitrogen and oxygen atoms in total.